The second-order valence-corrected chi connectivity index (χ2v) is 2.94. The Morgan fingerprint density at radius 1 is 1.40 bits per heavy atom. The van der Waals surface area contributed by atoms with Gasteiger partial charge in [0.15, 0.2) is 0 Å². The molecule has 0 aromatic heterocycles. The van der Waals surface area contributed by atoms with E-state index in [-0.39, 0.29) is 0 Å². The van der Waals surface area contributed by atoms with E-state index >= 15 is 0 Å². The highest BCUT2D eigenvalue weighted by Gasteiger charge is 1.92. The number of benzene rings is 1. The zero-order chi connectivity index (χ0) is 7.40. The Hall–Kier alpha value is -0.603. The lowest BCUT2D eigenvalue weighted by Crippen LogP contribution is -1.90. The maximum absolute atomic E-state index is 5.15. The maximum Gasteiger partial charge on any atom is 0.146 e. The van der Waals surface area contributed by atoms with E-state index in [1.165, 1.54) is 11.1 Å². The largest absolute Gasteiger partial charge is 0.424 e. The third-order valence-electron chi connectivity index (χ3n) is 1.56. The Labute approximate surface area is 64.6 Å². The van der Waals surface area contributed by atoms with Crippen LogP contribution in [0.15, 0.2) is 24.3 Å². The van der Waals surface area contributed by atoms with Gasteiger partial charge in [0.05, 0.1) is 6.61 Å². The number of rotatable bonds is 2. The van der Waals surface area contributed by atoms with Crippen molar-refractivity contribution in [3.8, 4) is 0 Å². The third-order valence-corrected chi connectivity index (χ3v) is 1.85. The molecule has 0 saturated carbocycles. The molecule has 0 aliphatic rings. The van der Waals surface area contributed by atoms with Crippen molar-refractivity contribution >= 4 is 10.5 Å². The van der Waals surface area contributed by atoms with Crippen LogP contribution in [0, 0.1) is 6.92 Å². The van der Waals surface area contributed by atoms with Crippen molar-refractivity contribution in [1.82, 2.24) is 0 Å². The lowest BCUT2D eigenvalue weighted by atomic mass is 10.1. The first-order valence-corrected chi connectivity index (χ1v) is 4.19. The molecule has 0 heterocycles. The topological polar surface area (TPSA) is 9.23 Å². The minimum absolute atomic E-state index is 0.777. The third kappa shape index (κ3) is 1.69. The van der Waals surface area contributed by atoms with Crippen LogP contribution in [0.1, 0.15) is 11.1 Å². The lowest BCUT2D eigenvalue weighted by molar-refractivity contribution is 0.337. The van der Waals surface area contributed by atoms with Crippen LogP contribution in [-0.2, 0) is 11.0 Å². The summed E-state index contributed by atoms with van der Waals surface area (Å²) in [7, 11) is 0.822. The van der Waals surface area contributed by atoms with Gasteiger partial charge in [0, 0.05) is 0 Å². The van der Waals surface area contributed by atoms with Crippen LogP contribution in [0.25, 0.3) is 0 Å². The molecule has 54 valence electrons. The molecule has 1 rings (SSSR count). The fourth-order valence-electron chi connectivity index (χ4n) is 0.928. The van der Waals surface area contributed by atoms with Crippen molar-refractivity contribution in [2.75, 3.05) is 0 Å². The van der Waals surface area contributed by atoms with Crippen LogP contribution in [0.4, 0.5) is 0 Å². The number of hydrogen-bond acceptors (Lipinski definition) is 1. The summed E-state index contributed by atoms with van der Waals surface area (Å²) >= 11 is 0. The van der Waals surface area contributed by atoms with Crippen LogP contribution in [0.2, 0.25) is 0 Å². The lowest BCUT2D eigenvalue weighted by Gasteiger charge is -2.02. The van der Waals surface area contributed by atoms with E-state index in [1.807, 2.05) is 12.1 Å². The maximum atomic E-state index is 5.15. The van der Waals surface area contributed by atoms with Gasteiger partial charge in [0.1, 0.15) is 10.5 Å². The molecule has 0 spiro atoms. The molecule has 0 bridgehead atoms. The molecule has 0 N–H and O–H groups in total. The summed E-state index contributed by atoms with van der Waals surface area (Å²) in [6.07, 6.45) is 0. The minimum atomic E-state index is 0.777. The fraction of sp³-hybridized carbons (Fsp3) is 0.250. The smallest absolute Gasteiger partial charge is 0.146 e. The van der Waals surface area contributed by atoms with Crippen molar-refractivity contribution in [2.24, 2.45) is 0 Å². The summed E-state index contributed by atoms with van der Waals surface area (Å²) in [5.41, 5.74) is 2.62. The second kappa shape index (κ2) is 3.54. The van der Waals surface area contributed by atoms with Crippen LogP contribution in [0.3, 0.4) is 0 Å². The number of hydrogen-bond donors (Lipinski definition) is 0. The molecule has 0 radical (unpaired) electrons. The zero-order valence-electron chi connectivity index (χ0n) is 6.42. The Balaban J connectivity index is 2.81. The van der Waals surface area contributed by atoms with Crippen LogP contribution in [-0.4, -0.2) is 10.5 Å². The summed E-state index contributed by atoms with van der Waals surface area (Å²) in [6.45, 7) is 2.88. The van der Waals surface area contributed by atoms with Crippen molar-refractivity contribution in [2.45, 2.75) is 13.5 Å². The molecule has 0 amide bonds. The molecule has 1 aromatic rings. The molecule has 0 unspecified atom stereocenters. The Morgan fingerprint density at radius 3 is 2.70 bits per heavy atom. The van der Waals surface area contributed by atoms with Gasteiger partial charge in [-0.3, -0.25) is 0 Å². The molecule has 0 aliphatic heterocycles. The Bertz CT molecular complexity index is 210. The van der Waals surface area contributed by atoms with Gasteiger partial charge in [0.25, 0.3) is 0 Å². The average molecular weight is 152 g/mol. The first-order valence-electron chi connectivity index (χ1n) is 3.38. The van der Waals surface area contributed by atoms with E-state index in [9.17, 15) is 0 Å². The van der Waals surface area contributed by atoms with E-state index in [2.05, 4.69) is 19.1 Å². The standard InChI is InChI=1S/C8H12OSi/c1-7-4-2-3-5-8(7)6-9-10/h2-5H,6H2,1,10H3. The van der Waals surface area contributed by atoms with Crippen molar-refractivity contribution in [3.05, 3.63) is 35.4 Å². The van der Waals surface area contributed by atoms with Gasteiger partial charge in [-0.25, -0.2) is 0 Å². The van der Waals surface area contributed by atoms with Gasteiger partial charge in [-0.05, 0) is 18.1 Å². The molecule has 2 heteroatoms. The van der Waals surface area contributed by atoms with Gasteiger partial charge in [-0.15, -0.1) is 0 Å². The zero-order valence-corrected chi connectivity index (χ0v) is 8.42. The molecule has 0 atom stereocenters. The van der Waals surface area contributed by atoms with E-state index < -0.39 is 0 Å². The second-order valence-electron chi connectivity index (χ2n) is 2.36. The highest BCUT2D eigenvalue weighted by atomic mass is 28.2. The highest BCUT2D eigenvalue weighted by molar-refractivity contribution is 5.97. The minimum Gasteiger partial charge on any atom is -0.424 e. The molecule has 0 fully saturated rings. The monoisotopic (exact) mass is 152 g/mol. The molecule has 0 aliphatic carbocycles. The summed E-state index contributed by atoms with van der Waals surface area (Å²) < 4.78 is 5.15. The summed E-state index contributed by atoms with van der Waals surface area (Å²) in [4.78, 5) is 0. The van der Waals surface area contributed by atoms with Gasteiger partial charge in [-0.1, -0.05) is 24.3 Å². The highest BCUT2D eigenvalue weighted by Crippen LogP contribution is 2.06. The molecule has 10 heavy (non-hydrogen) atoms. The van der Waals surface area contributed by atoms with Gasteiger partial charge < -0.3 is 4.43 Å². The SMILES string of the molecule is Cc1ccccc1CO[SiH3]. The van der Waals surface area contributed by atoms with Crippen LogP contribution >= 0.6 is 0 Å². The normalized spacial score (nSPS) is 10.1. The predicted molar refractivity (Wildman–Crippen MR) is 45.9 cm³/mol. The molecule has 1 aromatic carbocycles. The molecule has 0 saturated heterocycles. The summed E-state index contributed by atoms with van der Waals surface area (Å²) in [5, 5.41) is 0. The van der Waals surface area contributed by atoms with Crippen LogP contribution < -0.4 is 0 Å². The van der Waals surface area contributed by atoms with Crippen molar-refractivity contribution < 1.29 is 4.43 Å². The first kappa shape index (κ1) is 7.50. The van der Waals surface area contributed by atoms with Gasteiger partial charge in [-0.2, -0.15) is 0 Å². The summed E-state index contributed by atoms with van der Waals surface area (Å²) in [5.74, 6) is 0. The predicted octanol–water partition coefficient (Wildman–Crippen LogP) is 0.792. The molecule has 1 nitrogen and oxygen atoms in total. The van der Waals surface area contributed by atoms with Crippen LogP contribution in [0.5, 0.6) is 0 Å². The van der Waals surface area contributed by atoms with Gasteiger partial charge >= 0.3 is 0 Å². The summed E-state index contributed by atoms with van der Waals surface area (Å²) in [6, 6.07) is 8.30. The Kier molecular flexibility index (Phi) is 2.65. The van der Waals surface area contributed by atoms with E-state index in [0.29, 0.717) is 0 Å². The van der Waals surface area contributed by atoms with Crippen molar-refractivity contribution in [1.29, 1.82) is 0 Å². The van der Waals surface area contributed by atoms with E-state index in [1.54, 1.807) is 0 Å². The quantitative estimate of drug-likeness (QED) is 0.569. The van der Waals surface area contributed by atoms with E-state index in [4.69, 9.17) is 4.43 Å². The first-order chi connectivity index (χ1) is 4.84. The van der Waals surface area contributed by atoms with Gasteiger partial charge in [0.2, 0.25) is 0 Å². The van der Waals surface area contributed by atoms with Crippen molar-refractivity contribution in [3.63, 3.8) is 0 Å². The van der Waals surface area contributed by atoms with E-state index in [0.717, 1.165) is 17.1 Å². The molecular formula is C8H12OSi. The fourth-order valence-corrected chi connectivity index (χ4v) is 1.24. The average Bonchev–Trinajstić information content (AvgIpc) is 1.94. The number of aryl methyl sites for hydroxylation is 1. The Morgan fingerprint density at radius 2 is 2.10 bits per heavy atom. The molecular weight excluding hydrogens is 140 g/mol.